The molecule has 0 fully saturated rings. The Morgan fingerprint density at radius 3 is 2.33 bits per heavy atom. The van der Waals surface area contributed by atoms with Crippen molar-refractivity contribution in [3.05, 3.63) is 29.8 Å². The zero-order valence-corrected chi connectivity index (χ0v) is 9.80. The molecule has 1 aromatic carbocycles. The van der Waals surface area contributed by atoms with E-state index in [1.807, 2.05) is 0 Å². The molecule has 6 heteroatoms. The number of hydrogen-bond donors (Lipinski definition) is 2. The Balaban J connectivity index is 2.44. The number of benzene rings is 1. The average molecular weight is 251 g/mol. The lowest BCUT2D eigenvalue weighted by molar-refractivity contribution is -0.117. The normalized spacial score (nSPS) is 9.61. The van der Waals surface area contributed by atoms with Gasteiger partial charge in [0.05, 0.1) is 5.56 Å². The first-order chi connectivity index (χ1) is 8.49. The summed E-state index contributed by atoms with van der Waals surface area (Å²) < 4.78 is 4.75. The van der Waals surface area contributed by atoms with Crippen LogP contribution in [-0.4, -0.2) is 29.6 Å². The molecular weight excluding hydrogens is 238 g/mol. The van der Waals surface area contributed by atoms with Gasteiger partial charge in [0.1, 0.15) is 12.4 Å². The van der Waals surface area contributed by atoms with Crippen LogP contribution in [0.4, 0.5) is 10.5 Å². The molecular formula is C12H13NO5. The number of carbonyl (C=O) groups is 3. The highest BCUT2D eigenvalue weighted by Gasteiger charge is 2.05. The number of carbonyl (C=O) groups excluding carboxylic acids is 2. The Kier molecular flexibility index (Phi) is 4.86. The summed E-state index contributed by atoms with van der Waals surface area (Å²) in [4.78, 5) is 32.5. The second-order valence-electron chi connectivity index (χ2n) is 3.60. The number of amides is 1. The van der Waals surface area contributed by atoms with Gasteiger partial charge in [-0.1, -0.05) is 0 Å². The van der Waals surface area contributed by atoms with Crippen LogP contribution in [0, 0.1) is 0 Å². The summed E-state index contributed by atoms with van der Waals surface area (Å²) in [5.74, 6) is -1.10. The average Bonchev–Trinajstić information content (AvgIpc) is 2.29. The molecule has 0 spiro atoms. The Morgan fingerprint density at radius 2 is 1.83 bits per heavy atom. The Bertz CT molecular complexity index is 452. The third-order valence-electron chi connectivity index (χ3n) is 2.07. The number of carboxylic acid groups (broad SMARTS) is 1. The number of anilines is 1. The van der Waals surface area contributed by atoms with Crippen molar-refractivity contribution >= 4 is 23.5 Å². The van der Waals surface area contributed by atoms with Gasteiger partial charge < -0.3 is 9.84 Å². The number of Topliss-reactive ketones (excluding diaryl/α,β-unsaturated/α-hetero) is 1. The highest BCUT2D eigenvalue weighted by Crippen LogP contribution is 2.09. The van der Waals surface area contributed by atoms with E-state index in [4.69, 9.17) is 9.84 Å². The first kappa shape index (κ1) is 13.7. The van der Waals surface area contributed by atoms with Gasteiger partial charge in [0, 0.05) is 12.1 Å². The fourth-order valence-corrected chi connectivity index (χ4v) is 1.14. The monoisotopic (exact) mass is 251 g/mol. The highest BCUT2D eigenvalue weighted by atomic mass is 16.5. The van der Waals surface area contributed by atoms with E-state index < -0.39 is 12.1 Å². The van der Waals surface area contributed by atoms with E-state index in [-0.39, 0.29) is 24.4 Å². The fourth-order valence-electron chi connectivity index (χ4n) is 1.14. The van der Waals surface area contributed by atoms with E-state index in [1.165, 1.54) is 31.2 Å². The van der Waals surface area contributed by atoms with E-state index in [0.717, 1.165) is 0 Å². The summed E-state index contributed by atoms with van der Waals surface area (Å²) in [6.45, 7) is 1.43. The Morgan fingerprint density at radius 1 is 1.22 bits per heavy atom. The largest absolute Gasteiger partial charge is 0.478 e. The van der Waals surface area contributed by atoms with Crippen LogP contribution in [0.25, 0.3) is 0 Å². The van der Waals surface area contributed by atoms with Crippen molar-refractivity contribution in [2.45, 2.75) is 13.3 Å². The molecule has 0 saturated heterocycles. The lowest BCUT2D eigenvalue weighted by Crippen LogP contribution is -2.15. The van der Waals surface area contributed by atoms with Crippen molar-refractivity contribution in [2.24, 2.45) is 0 Å². The maximum absolute atomic E-state index is 11.3. The van der Waals surface area contributed by atoms with Crippen molar-refractivity contribution in [1.82, 2.24) is 0 Å². The van der Waals surface area contributed by atoms with Gasteiger partial charge in [0.2, 0.25) is 0 Å². The molecule has 0 atom stereocenters. The molecule has 96 valence electrons. The molecule has 1 aromatic rings. The van der Waals surface area contributed by atoms with Crippen molar-refractivity contribution in [2.75, 3.05) is 11.9 Å². The second-order valence-corrected chi connectivity index (χ2v) is 3.60. The van der Waals surface area contributed by atoms with Crippen molar-refractivity contribution in [3.8, 4) is 0 Å². The van der Waals surface area contributed by atoms with Gasteiger partial charge in [0.25, 0.3) is 0 Å². The van der Waals surface area contributed by atoms with E-state index in [9.17, 15) is 14.4 Å². The number of nitrogens with one attached hydrogen (secondary N) is 1. The minimum Gasteiger partial charge on any atom is -0.478 e. The van der Waals surface area contributed by atoms with Crippen LogP contribution in [0.5, 0.6) is 0 Å². The smallest absolute Gasteiger partial charge is 0.411 e. The van der Waals surface area contributed by atoms with Gasteiger partial charge in [-0.3, -0.25) is 10.1 Å². The fraction of sp³-hybridized carbons (Fsp3) is 0.250. The van der Waals surface area contributed by atoms with Crippen LogP contribution in [-0.2, 0) is 9.53 Å². The van der Waals surface area contributed by atoms with E-state index in [0.29, 0.717) is 5.69 Å². The van der Waals surface area contributed by atoms with Gasteiger partial charge in [0.15, 0.2) is 0 Å². The Labute approximate surface area is 104 Å². The van der Waals surface area contributed by atoms with Crippen LogP contribution < -0.4 is 5.32 Å². The number of hydrogen-bond acceptors (Lipinski definition) is 4. The molecule has 0 aromatic heterocycles. The summed E-state index contributed by atoms with van der Waals surface area (Å²) in [6, 6.07) is 5.65. The quantitative estimate of drug-likeness (QED) is 0.833. The lowest BCUT2D eigenvalue weighted by Gasteiger charge is -2.06. The van der Waals surface area contributed by atoms with Gasteiger partial charge in [-0.25, -0.2) is 9.59 Å². The molecule has 0 aliphatic carbocycles. The molecule has 0 saturated carbocycles. The van der Waals surface area contributed by atoms with Gasteiger partial charge in [-0.15, -0.1) is 0 Å². The number of ether oxygens (including phenoxy) is 1. The molecule has 18 heavy (non-hydrogen) atoms. The summed E-state index contributed by atoms with van der Waals surface area (Å²) >= 11 is 0. The van der Waals surface area contributed by atoms with E-state index >= 15 is 0 Å². The van der Waals surface area contributed by atoms with Crippen LogP contribution in [0.3, 0.4) is 0 Å². The first-order valence-corrected chi connectivity index (χ1v) is 5.25. The van der Waals surface area contributed by atoms with Crippen molar-refractivity contribution in [3.63, 3.8) is 0 Å². The summed E-state index contributed by atoms with van der Waals surface area (Å²) in [5, 5.41) is 11.1. The van der Waals surface area contributed by atoms with Crippen molar-refractivity contribution < 1.29 is 24.2 Å². The third kappa shape index (κ3) is 4.65. The predicted molar refractivity (Wildman–Crippen MR) is 63.7 cm³/mol. The molecule has 1 amide bonds. The topological polar surface area (TPSA) is 92.7 Å². The summed E-state index contributed by atoms with van der Waals surface area (Å²) in [6.07, 6.45) is -0.509. The maximum atomic E-state index is 11.3. The standard InChI is InChI=1S/C12H13NO5/c1-8(14)6-7-18-12(17)13-10-4-2-9(3-5-10)11(15)16/h2-5H,6-7H2,1H3,(H,13,17)(H,15,16). The molecule has 6 nitrogen and oxygen atoms in total. The van der Waals surface area contributed by atoms with Crippen molar-refractivity contribution in [1.29, 1.82) is 0 Å². The summed E-state index contributed by atoms with van der Waals surface area (Å²) in [7, 11) is 0. The van der Waals surface area contributed by atoms with E-state index in [2.05, 4.69) is 5.32 Å². The van der Waals surface area contributed by atoms with E-state index in [1.54, 1.807) is 0 Å². The number of rotatable bonds is 5. The van der Waals surface area contributed by atoms with Gasteiger partial charge in [-0.05, 0) is 31.2 Å². The molecule has 0 unspecified atom stereocenters. The number of ketones is 1. The minimum absolute atomic E-state index is 0.0222. The molecule has 0 aliphatic rings. The number of aromatic carboxylic acids is 1. The molecule has 2 N–H and O–H groups in total. The zero-order valence-electron chi connectivity index (χ0n) is 9.80. The second kappa shape index (κ2) is 6.39. The van der Waals surface area contributed by atoms with Crippen LogP contribution in [0.1, 0.15) is 23.7 Å². The molecule has 0 radical (unpaired) electrons. The minimum atomic E-state index is -1.04. The molecule has 0 aliphatic heterocycles. The third-order valence-corrected chi connectivity index (χ3v) is 2.07. The molecule has 0 bridgehead atoms. The summed E-state index contributed by atoms with van der Waals surface area (Å²) in [5.41, 5.74) is 0.554. The SMILES string of the molecule is CC(=O)CCOC(=O)Nc1ccc(C(=O)O)cc1. The highest BCUT2D eigenvalue weighted by molar-refractivity contribution is 5.89. The predicted octanol–water partition coefficient (Wildman–Crippen LogP) is 1.91. The zero-order chi connectivity index (χ0) is 13.5. The van der Waals surface area contributed by atoms with Crippen LogP contribution in [0.2, 0.25) is 0 Å². The lowest BCUT2D eigenvalue weighted by atomic mass is 10.2. The number of carboxylic acids is 1. The van der Waals surface area contributed by atoms with Gasteiger partial charge in [-0.2, -0.15) is 0 Å². The van der Waals surface area contributed by atoms with Gasteiger partial charge >= 0.3 is 12.1 Å². The maximum Gasteiger partial charge on any atom is 0.411 e. The molecule has 0 heterocycles. The molecule has 1 rings (SSSR count). The first-order valence-electron chi connectivity index (χ1n) is 5.25. The Hall–Kier alpha value is -2.37. The van der Waals surface area contributed by atoms with Crippen LogP contribution >= 0.6 is 0 Å². The van der Waals surface area contributed by atoms with Crippen LogP contribution in [0.15, 0.2) is 24.3 Å².